The number of hydrogen-bond acceptors (Lipinski definition) is 4. The number of ketones is 1. The van der Waals surface area contributed by atoms with Crippen molar-refractivity contribution in [2.45, 2.75) is 12.8 Å². The van der Waals surface area contributed by atoms with E-state index in [-0.39, 0.29) is 23.5 Å². The molecule has 5 heteroatoms. The molecular formula is C19H16ClNO3. The summed E-state index contributed by atoms with van der Waals surface area (Å²) in [7, 11) is 0. The molecule has 0 spiro atoms. The maximum atomic E-state index is 12.3. The molecule has 1 fully saturated rings. The van der Waals surface area contributed by atoms with Crippen molar-refractivity contribution in [3.63, 3.8) is 0 Å². The predicted octanol–water partition coefficient (Wildman–Crippen LogP) is 3.82. The molecule has 1 aromatic carbocycles. The molecule has 2 bridgehead atoms. The van der Waals surface area contributed by atoms with Gasteiger partial charge in [0.15, 0.2) is 5.78 Å². The van der Waals surface area contributed by atoms with E-state index in [9.17, 15) is 9.59 Å². The number of allylic oxidation sites excluding steroid dienone is 4. The molecule has 1 saturated carbocycles. The Labute approximate surface area is 144 Å². The fourth-order valence-electron chi connectivity index (χ4n) is 4.00. The van der Waals surface area contributed by atoms with Gasteiger partial charge >= 0.3 is 5.97 Å². The zero-order valence-electron chi connectivity index (χ0n) is 12.9. The molecule has 0 aromatic heterocycles. The van der Waals surface area contributed by atoms with Crippen LogP contribution in [0.3, 0.4) is 0 Å². The van der Waals surface area contributed by atoms with Gasteiger partial charge in [-0.1, -0.05) is 28.9 Å². The second-order valence-electron chi connectivity index (χ2n) is 6.48. The Kier molecular flexibility index (Phi) is 3.85. The normalized spacial score (nSPS) is 32.0. The van der Waals surface area contributed by atoms with Gasteiger partial charge in [-0.05, 0) is 61.1 Å². The third-order valence-electron chi connectivity index (χ3n) is 5.15. The Morgan fingerprint density at radius 2 is 1.71 bits per heavy atom. The van der Waals surface area contributed by atoms with Gasteiger partial charge in [-0.25, -0.2) is 4.79 Å². The van der Waals surface area contributed by atoms with Crippen LogP contribution in [-0.4, -0.2) is 17.5 Å². The lowest BCUT2D eigenvalue weighted by molar-refractivity contribution is -0.122. The Morgan fingerprint density at radius 3 is 2.38 bits per heavy atom. The molecule has 1 aromatic rings. The topological polar surface area (TPSA) is 55.7 Å². The number of oxime groups is 1. The molecule has 0 radical (unpaired) electrons. The molecule has 0 unspecified atom stereocenters. The standard InChI is InChI=1S/C19H16ClNO3/c20-14-7-5-13(6-8-14)19(23)24-21-15-9-10-16(22)18-12-3-1-11(2-4-12)17(15)18/h1,3,5-12,17-18H,2,4H2/b21-15+/t11-,12-,17-,18-/m0/s1. The number of benzene rings is 1. The van der Waals surface area contributed by atoms with Crippen LogP contribution in [0.15, 0.2) is 53.7 Å². The third kappa shape index (κ3) is 2.61. The maximum absolute atomic E-state index is 12.3. The van der Waals surface area contributed by atoms with Gasteiger partial charge in [0.05, 0.1) is 11.3 Å². The summed E-state index contributed by atoms with van der Waals surface area (Å²) in [5, 5.41) is 4.64. The van der Waals surface area contributed by atoms with Crippen LogP contribution in [0.2, 0.25) is 5.02 Å². The van der Waals surface area contributed by atoms with Gasteiger partial charge in [-0.3, -0.25) is 4.79 Å². The van der Waals surface area contributed by atoms with Gasteiger partial charge in [0.1, 0.15) is 0 Å². The van der Waals surface area contributed by atoms with E-state index >= 15 is 0 Å². The predicted molar refractivity (Wildman–Crippen MR) is 90.8 cm³/mol. The minimum absolute atomic E-state index is 0.0178. The lowest BCUT2D eigenvalue weighted by Gasteiger charge is -2.45. The Bertz CT molecular complexity index is 778. The number of rotatable bonds is 2. The summed E-state index contributed by atoms with van der Waals surface area (Å²) in [5.74, 6) is 0.145. The highest BCUT2D eigenvalue weighted by atomic mass is 35.5. The SMILES string of the molecule is O=C(O/N=C1\C=CC(=O)[C@H]2[C@H]1[C@H]1C=C[C@H]2CC1)c1ccc(Cl)cc1. The van der Waals surface area contributed by atoms with Crippen LogP contribution in [0.1, 0.15) is 23.2 Å². The maximum Gasteiger partial charge on any atom is 0.365 e. The first-order valence-electron chi connectivity index (χ1n) is 8.08. The molecule has 0 saturated heterocycles. The summed E-state index contributed by atoms with van der Waals surface area (Å²) in [6.07, 6.45) is 9.67. The minimum atomic E-state index is -0.530. The molecule has 4 aliphatic carbocycles. The average Bonchev–Trinajstić information content (AvgIpc) is 2.62. The number of carbonyl (C=O) groups is 2. The zero-order chi connectivity index (χ0) is 16.7. The molecule has 122 valence electrons. The van der Waals surface area contributed by atoms with Crippen LogP contribution in [0.5, 0.6) is 0 Å². The Hall–Kier alpha value is -2.20. The summed E-state index contributed by atoms with van der Waals surface area (Å²) in [5.41, 5.74) is 1.07. The van der Waals surface area contributed by atoms with Gasteiger partial charge in [0.2, 0.25) is 0 Å². The largest absolute Gasteiger partial charge is 0.365 e. The fourth-order valence-corrected chi connectivity index (χ4v) is 4.13. The first-order chi connectivity index (χ1) is 11.6. The number of carbonyl (C=O) groups excluding carboxylic acids is 2. The monoisotopic (exact) mass is 341 g/mol. The van der Waals surface area contributed by atoms with Crippen molar-refractivity contribution in [1.82, 2.24) is 0 Å². The summed E-state index contributed by atoms with van der Waals surface area (Å²) in [6, 6.07) is 6.45. The summed E-state index contributed by atoms with van der Waals surface area (Å²) in [6.45, 7) is 0. The highest BCUT2D eigenvalue weighted by molar-refractivity contribution is 6.30. The second kappa shape index (κ2) is 6.02. The van der Waals surface area contributed by atoms with Gasteiger partial charge in [0.25, 0.3) is 0 Å². The smallest absolute Gasteiger partial charge is 0.313 e. The van der Waals surface area contributed by atoms with Crippen LogP contribution in [0, 0.1) is 23.7 Å². The molecule has 4 aliphatic rings. The van der Waals surface area contributed by atoms with Crippen molar-refractivity contribution in [1.29, 1.82) is 0 Å². The van der Waals surface area contributed by atoms with E-state index in [1.165, 1.54) is 0 Å². The summed E-state index contributed by atoms with van der Waals surface area (Å²) < 4.78 is 0. The van der Waals surface area contributed by atoms with E-state index < -0.39 is 5.97 Å². The van der Waals surface area contributed by atoms with E-state index in [4.69, 9.17) is 16.4 Å². The molecule has 0 N–H and O–H groups in total. The number of halogens is 1. The van der Waals surface area contributed by atoms with Crippen LogP contribution >= 0.6 is 11.6 Å². The van der Waals surface area contributed by atoms with E-state index in [2.05, 4.69) is 17.3 Å². The molecule has 4 atom stereocenters. The highest BCUT2D eigenvalue weighted by Gasteiger charge is 2.47. The van der Waals surface area contributed by atoms with Crippen LogP contribution in [-0.2, 0) is 9.63 Å². The quantitative estimate of drug-likeness (QED) is 0.467. The molecule has 0 heterocycles. The molecule has 24 heavy (non-hydrogen) atoms. The first kappa shape index (κ1) is 15.3. The van der Waals surface area contributed by atoms with Gasteiger partial charge in [-0.15, -0.1) is 0 Å². The van der Waals surface area contributed by atoms with Crippen molar-refractivity contribution < 1.29 is 14.4 Å². The second-order valence-corrected chi connectivity index (χ2v) is 6.92. The molecular weight excluding hydrogens is 326 g/mol. The van der Waals surface area contributed by atoms with E-state index in [1.54, 1.807) is 36.4 Å². The van der Waals surface area contributed by atoms with Crippen molar-refractivity contribution in [2.24, 2.45) is 28.8 Å². The number of hydrogen-bond donors (Lipinski definition) is 0. The zero-order valence-corrected chi connectivity index (χ0v) is 13.6. The van der Waals surface area contributed by atoms with Crippen molar-refractivity contribution in [3.8, 4) is 0 Å². The van der Waals surface area contributed by atoms with E-state index in [1.807, 2.05) is 0 Å². The minimum Gasteiger partial charge on any atom is -0.313 e. The summed E-state index contributed by atoms with van der Waals surface area (Å²) in [4.78, 5) is 29.5. The Balaban J connectivity index is 1.57. The number of fused-ring (bicyclic) bond motifs is 1. The van der Waals surface area contributed by atoms with E-state index in [0.29, 0.717) is 22.2 Å². The van der Waals surface area contributed by atoms with Crippen molar-refractivity contribution >= 4 is 29.1 Å². The molecule has 0 aliphatic heterocycles. The van der Waals surface area contributed by atoms with Gasteiger partial charge in [-0.2, -0.15) is 0 Å². The Morgan fingerprint density at radius 1 is 1.04 bits per heavy atom. The lowest BCUT2D eigenvalue weighted by atomic mass is 9.58. The van der Waals surface area contributed by atoms with Crippen molar-refractivity contribution in [2.75, 3.05) is 0 Å². The molecule has 4 nitrogen and oxygen atoms in total. The number of nitrogens with zero attached hydrogens (tertiary/aromatic N) is 1. The fraction of sp³-hybridized carbons (Fsp3) is 0.316. The summed E-state index contributed by atoms with van der Waals surface area (Å²) >= 11 is 5.81. The lowest BCUT2D eigenvalue weighted by Crippen LogP contribution is -2.46. The first-order valence-corrected chi connectivity index (χ1v) is 8.46. The van der Waals surface area contributed by atoms with E-state index in [0.717, 1.165) is 12.8 Å². The van der Waals surface area contributed by atoms with Crippen LogP contribution in [0.4, 0.5) is 0 Å². The highest BCUT2D eigenvalue weighted by Crippen LogP contribution is 2.47. The van der Waals surface area contributed by atoms with Gasteiger partial charge in [0, 0.05) is 16.9 Å². The van der Waals surface area contributed by atoms with Crippen molar-refractivity contribution in [3.05, 3.63) is 59.2 Å². The molecule has 5 rings (SSSR count). The van der Waals surface area contributed by atoms with Gasteiger partial charge < -0.3 is 4.84 Å². The average molecular weight is 342 g/mol. The van der Waals surface area contributed by atoms with Crippen LogP contribution < -0.4 is 0 Å². The molecule has 0 amide bonds. The third-order valence-corrected chi connectivity index (χ3v) is 5.40. The van der Waals surface area contributed by atoms with Crippen LogP contribution in [0.25, 0.3) is 0 Å².